The third-order valence-corrected chi connectivity index (χ3v) is 3.31. The highest BCUT2D eigenvalue weighted by atomic mass is 35.5. The average Bonchev–Trinajstić information content (AvgIpc) is 2.41. The minimum atomic E-state index is -1.34. The van der Waals surface area contributed by atoms with Crippen molar-refractivity contribution in [3.8, 4) is 5.75 Å². The van der Waals surface area contributed by atoms with Crippen LogP contribution in [0.2, 0.25) is 0 Å². The van der Waals surface area contributed by atoms with Crippen molar-refractivity contribution in [3.63, 3.8) is 0 Å². The van der Waals surface area contributed by atoms with Crippen LogP contribution in [0.4, 0.5) is 5.69 Å². The number of ketones is 1. The fourth-order valence-electron chi connectivity index (χ4n) is 1.52. The van der Waals surface area contributed by atoms with E-state index >= 15 is 0 Å². The average molecular weight is 312 g/mol. The SMILES string of the molecule is O=C(O)C1=CC(=O)C(Cl)=C(Cl)C1=Nc1ccc(O)cc1. The Labute approximate surface area is 123 Å². The van der Waals surface area contributed by atoms with Crippen LogP contribution in [0.3, 0.4) is 0 Å². The minimum absolute atomic E-state index is 0.0430. The molecule has 1 aromatic carbocycles. The second-order valence-electron chi connectivity index (χ2n) is 3.83. The van der Waals surface area contributed by atoms with Crippen molar-refractivity contribution in [2.45, 2.75) is 0 Å². The number of benzene rings is 1. The molecule has 5 nitrogen and oxygen atoms in total. The van der Waals surface area contributed by atoms with Gasteiger partial charge in [-0.2, -0.15) is 0 Å². The smallest absolute Gasteiger partial charge is 0.338 e. The van der Waals surface area contributed by atoms with Gasteiger partial charge >= 0.3 is 5.97 Å². The lowest BCUT2D eigenvalue weighted by Gasteiger charge is -2.12. The fraction of sp³-hybridized carbons (Fsp3) is 0. The lowest BCUT2D eigenvalue weighted by Crippen LogP contribution is -2.20. The molecule has 0 heterocycles. The number of hydrogen-bond acceptors (Lipinski definition) is 4. The summed E-state index contributed by atoms with van der Waals surface area (Å²) in [6, 6.07) is 5.71. The van der Waals surface area contributed by atoms with Crippen molar-refractivity contribution in [2.24, 2.45) is 4.99 Å². The van der Waals surface area contributed by atoms with Crippen LogP contribution in [0.1, 0.15) is 0 Å². The molecule has 1 aliphatic carbocycles. The van der Waals surface area contributed by atoms with Crippen LogP contribution >= 0.6 is 23.2 Å². The standard InChI is InChI=1S/C13H7Cl2NO4/c14-10-9(18)5-8(13(19)20)12(11(10)15)16-6-1-3-7(17)4-2-6/h1-5,17H,(H,19,20). The molecule has 0 aromatic heterocycles. The van der Waals surface area contributed by atoms with E-state index in [9.17, 15) is 14.7 Å². The van der Waals surface area contributed by atoms with E-state index in [4.69, 9.17) is 28.3 Å². The summed E-state index contributed by atoms with van der Waals surface area (Å²) in [6.07, 6.45) is 0.871. The number of aliphatic imine (C=N–C) groups is 1. The van der Waals surface area contributed by atoms with Crippen molar-refractivity contribution in [2.75, 3.05) is 0 Å². The van der Waals surface area contributed by atoms with Crippen molar-refractivity contribution in [3.05, 3.63) is 46.0 Å². The molecule has 0 aliphatic heterocycles. The monoisotopic (exact) mass is 311 g/mol. The Morgan fingerprint density at radius 1 is 1.10 bits per heavy atom. The summed E-state index contributed by atoms with van der Waals surface area (Å²) >= 11 is 11.6. The summed E-state index contributed by atoms with van der Waals surface area (Å²) in [6.45, 7) is 0. The topological polar surface area (TPSA) is 87.0 Å². The zero-order chi connectivity index (χ0) is 14.9. The summed E-state index contributed by atoms with van der Waals surface area (Å²) < 4.78 is 0. The van der Waals surface area contributed by atoms with Gasteiger partial charge in [-0.05, 0) is 24.3 Å². The number of phenolic OH excluding ortho intramolecular Hbond substituents is 1. The van der Waals surface area contributed by atoms with E-state index in [-0.39, 0.29) is 27.1 Å². The molecule has 2 N–H and O–H groups in total. The minimum Gasteiger partial charge on any atom is -0.508 e. The zero-order valence-electron chi connectivity index (χ0n) is 9.80. The van der Waals surface area contributed by atoms with Gasteiger partial charge in [0, 0.05) is 6.08 Å². The van der Waals surface area contributed by atoms with Crippen molar-refractivity contribution in [1.29, 1.82) is 0 Å². The van der Waals surface area contributed by atoms with Gasteiger partial charge in [-0.15, -0.1) is 0 Å². The third-order valence-electron chi connectivity index (χ3n) is 2.47. The first-order chi connectivity index (χ1) is 9.40. The maximum Gasteiger partial charge on any atom is 0.338 e. The maximum absolute atomic E-state index is 11.5. The van der Waals surface area contributed by atoms with E-state index in [1.165, 1.54) is 24.3 Å². The normalized spacial score (nSPS) is 17.4. The highest BCUT2D eigenvalue weighted by molar-refractivity contribution is 6.60. The zero-order valence-corrected chi connectivity index (χ0v) is 11.3. The van der Waals surface area contributed by atoms with Gasteiger partial charge < -0.3 is 10.2 Å². The molecule has 0 unspecified atom stereocenters. The Morgan fingerprint density at radius 2 is 1.70 bits per heavy atom. The summed E-state index contributed by atoms with van der Waals surface area (Å²) in [7, 11) is 0. The first-order valence-electron chi connectivity index (χ1n) is 5.33. The molecule has 0 radical (unpaired) electrons. The lowest BCUT2D eigenvalue weighted by molar-refractivity contribution is -0.132. The van der Waals surface area contributed by atoms with Crippen LogP contribution in [0.25, 0.3) is 0 Å². The molecular formula is C13H7Cl2NO4. The van der Waals surface area contributed by atoms with Crippen LogP contribution in [0, 0.1) is 0 Å². The summed E-state index contributed by atoms with van der Waals surface area (Å²) in [5, 5.41) is 17.8. The third kappa shape index (κ3) is 2.74. The second kappa shape index (κ2) is 5.48. The quantitative estimate of drug-likeness (QED) is 0.822. The number of carboxylic acids is 1. The molecule has 0 atom stereocenters. The molecule has 0 spiro atoms. The van der Waals surface area contributed by atoms with Crippen molar-refractivity contribution >= 4 is 46.4 Å². The maximum atomic E-state index is 11.5. The molecule has 0 amide bonds. The molecule has 1 aromatic rings. The van der Waals surface area contributed by atoms with Gasteiger partial charge in [0.2, 0.25) is 0 Å². The Balaban J connectivity index is 2.56. The van der Waals surface area contributed by atoms with E-state index in [1.54, 1.807) is 0 Å². The number of hydrogen-bond donors (Lipinski definition) is 2. The van der Waals surface area contributed by atoms with Gasteiger partial charge in [0.05, 0.1) is 22.0 Å². The number of rotatable bonds is 2. The van der Waals surface area contributed by atoms with Gasteiger partial charge in [-0.25, -0.2) is 9.79 Å². The number of aromatic hydroxyl groups is 1. The van der Waals surface area contributed by atoms with Crippen molar-refractivity contribution in [1.82, 2.24) is 0 Å². The number of carboxylic acid groups (broad SMARTS) is 1. The number of nitrogens with zero attached hydrogens (tertiary/aromatic N) is 1. The molecule has 0 bridgehead atoms. The first kappa shape index (κ1) is 14.3. The van der Waals surface area contributed by atoms with Gasteiger partial charge in [0.25, 0.3) is 0 Å². The highest BCUT2D eigenvalue weighted by Crippen LogP contribution is 2.29. The molecular weight excluding hydrogens is 305 g/mol. The summed E-state index contributed by atoms with van der Waals surface area (Å²) in [5.41, 5.74) is -0.0751. The molecule has 0 saturated heterocycles. The molecule has 20 heavy (non-hydrogen) atoms. The Kier molecular flexibility index (Phi) is 3.92. The number of allylic oxidation sites excluding steroid dienone is 3. The Hall–Kier alpha value is -2.11. The van der Waals surface area contributed by atoms with E-state index in [0.717, 1.165) is 6.08 Å². The lowest BCUT2D eigenvalue weighted by atomic mass is 10.0. The molecule has 7 heteroatoms. The van der Waals surface area contributed by atoms with E-state index < -0.39 is 11.8 Å². The van der Waals surface area contributed by atoms with Crippen LogP contribution in [-0.2, 0) is 9.59 Å². The predicted octanol–water partition coefficient (Wildman–Crippen LogP) is 2.75. The highest BCUT2D eigenvalue weighted by Gasteiger charge is 2.28. The largest absolute Gasteiger partial charge is 0.508 e. The van der Waals surface area contributed by atoms with E-state index in [2.05, 4.69) is 4.99 Å². The number of carbonyl (C=O) groups excluding carboxylic acids is 1. The second-order valence-corrected chi connectivity index (χ2v) is 4.59. The van der Waals surface area contributed by atoms with E-state index in [0.29, 0.717) is 5.69 Å². The van der Waals surface area contributed by atoms with Gasteiger partial charge in [0.15, 0.2) is 5.78 Å². The van der Waals surface area contributed by atoms with Crippen LogP contribution in [0.5, 0.6) is 5.75 Å². The molecule has 102 valence electrons. The fourth-order valence-corrected chi connectivity index (χ4v) is 1.90. The van der Waals surface area contributed by atoms with Crippen LogP contribution in [0.15, 0.2) is 51.0 Å². The van der Waals surface area contributed by atoms with Gasteiger partial charge in [0.1, 0.15) is 10.8 Å². The van der Waals surface area contributed by atoms with Crippen molar-refractivity contribution < 1.29 is 19.8 Å². The first-order valence-corrected chi connectivity index (χ1v) is 6.09. The van der Waals surface area contributed by atoms with Crippen LogP contribution in [-0.4, -0.2) is 27.7 Å². The van der Waals surface area contributed by atoms with Gasteiger partial charge in [-0.1, -0.05) is 23.2 Å². The van der Waals surface area contributed by atoms with Crippen LogP contribution < -0.4 is 0 Å². The molecule has 1 aliphatic rings. The molecule has 0 fully saturated rings. The Morgan fingerprint density at radius 3 is 2.25 bits per heavy atom. The summed E-state index contributed by atoms with van der Waals surface area (Å²) in [4.78, 5) is 26.7. The number of carbonyl (C=O) groups is 2. The number of phenols is 1. The predicted molar refractivity (Wildman–Crippen MR) is 74.7 cm³/mol. The number of aliphatic carboxylic acids is 1. The molecule has 0 saturated carbocycles. The molecule has 2 rings (SSSR count). The number of halogens is 2. The van der Waals surface area contributed by atoms with E-state index in [1.807, 2.05) is 0 Å². The summed E-state index contributed by atoms with van der Waals surface area (Å²) in [5.74, 6) is -1.97. The Bertz CT molecular complexity index is 687. The van der Waals surface area contributed by atoms with Gasteiger partial charge in [-0.3, -0.25) is 4.79 Å².